The van der Waals surface area contributed by atoms with Crippen LogP contribution in [0.25, 0.3) is 0 Å². The van der Waals surface area contributed by atoms with Gasteiger partial charge in [0.1, 0.15) is 12.6 Å². The summed E-state index contributed by atoms with van der Waals surface area (Å²) in [5.41, 5.74) is 0. The molecular formula is C8H22F2N2Si2. The van der Waals surface area contributed by atoms with Crippen LogP contribution in [0.15, 0.2) is 0 Å². The lowest BCUT2D eigenvalue weighted by Gasteiger charge is -2.25. The van der Waals surface area contributed by atoms with E-state index >= 15 is 0 Å². The molecule has 0 bridgehead atoms. The summed E-state index contributed by atoms with van der Waals surface area (Å²) < 4.78 is 29.3. The van der Waals surface area contributed by atoms with Crippen molar-refractivity contribution in [3.8, 4) is 0 Å². The minimum Gasteiger partial charge on any atom is -0.304 e. The fourth-order valence-corrected chi connectivity index (χ4v) is 6.78. The minimum absolute atomic E-state index is 0.543. The Kier molecular flexibility index (Phi) is 6.75. The molecule has 0 N–H and O–H groups in total. The first-order chi connectivity index (χ1) is 6.34. The molecular weight excluding hydrogens is 218 g/mol. The predicted octanol–water partition coefficient (Wildman–Crippen LogP) is 0.414. The molecule has 0 saturated heterocycles. The number of alkyl halides is 2. The van der Waals surface area contributed by atoms with Gasteiger partial charge >= 0.3 is 0 Å². The van der Waals surface area contributed by atoms with Gasteiger partial charge in [-0.1, -0.05) is 6.92 Å². The molecule has 0 aliphatic carbocycles. The maximum Gasteiger partial charge on any atom is 0.144 e. The zero-order valence-electron chi connectivity index (χ0n) is 9.80. The third-order valence-electron chi connectivity index (χ3n) is 2.41. The maximum atomic E-state index is 12.8. The van der Waals surface area contributed by atoms with E-state index in [4.69, 9.17) is 0 Å². The van der Waals surface area contributed by atoms with Crippen LogP contribution in [0.2, 0.25) is 5.16 Å². The van der Waals surface area contributed by atoms with Crippen molar-refractivity contribution in [3.63, 3.8) is 0 Å². The Morgan fingerprint density at radius 1 is 0.857 bits per heavy atom. The topological polar surface area (TPSA) is 6.48 Å². The Morgan fingerprint density at radius 2 is 1.14 bits per heavy atom. The fraction of sp³-hybridized carbons (Fsp3) is 1.00. The van der Waals surface area contributed by atoms with Gasteiger partial charge in [-0.05, 0) is 33.1 Å². The number of hydrogen-bond donors (Lipinski definition) is 0. The molecule has 0 fully saturated rings. The summed E-state index contributed by atoms with van der Waals surface area (Å²) in [5.74, 6) is 0. The highest BCUT2D eigenvalue weighted by molar-refractivity contribution is 6.55. The largest absolute Gasteiger partial charge is 0.304 e. The van der Waals surface area contributed by atoms with Gasteiger partial charge in [-0.2, -0.15) is 0 Å². The number of rotatable bonds is 6. The summed E-state index contributed by atoms with van der Waals surface area (Å²) in [6.45, 7) is 5.24. The van der Waals surface area contributed by atoms with E-state index in [-0.39, 0.29) is 0 Å². The summed E-state index contributed by atoms with van der Waals surface area (Å²) in [4.78, 5) is 0. The van der Waals surface area contributed by atoms with Crippen molar-refractivity contribution in [3.05, 3.63) is 0 Å². The molecule has 2 unspecified atom stereocenters. The van der Waals surface area contributed by atoms with Crippen molar-refractivity contribution in [2.75, 3.05) is 14.1 Å². The summed E-state index contributed by atoms with van der Waals surface area (Å²) >= 11 is 0. The summed E-state index contributed by atoms with van der Waals surface area (Å²) in [7, 11) is 2.54. The predicted molar refractivity (Wildman–Crippen MR) is 63.2 cm³/mol. The zero-order chi connectivity index (χ0) is 11.3. The molecule has 0 aromatic rings. The van der Waals surface area contributed by atoms with Crippen molar-refractivity contribution in [1.82, 2.24) is 9.13 Å². The monoisotopic (exact) mass is 240 g/mol. The molecule has 86 valence electrons. The first-order valence-corrected chi connectivity index (χ1v) is 7.93. The molecule has 0 rings (SSSR count). The Morgan fingerprint density at radius 3 is 1.36 bits per heavy atom. The highest BCUT2D eigenvalue weighted by atomic mass is 28.3. The number of hydrogen-bond acceptors (Lipinski definition) is 2. The molecule has 6 heteroatoms. The molecule has 0 aromatic heterocycles. The lowest BCUT2D eigenvalue weighted by molar-refractivity contribution is 0.208. The molecule has 0 saturated carbocycles. The Labute approximate surface area is 90.5 Å². The van der Waals surface area contributed by atoms with Crippen LogP contribution in [-0.2, 0) is 0 Å². The van der Waals surface area contributed by atoms with Crippen molar-refractivity contribution in [1.29, 1.82) is 0 Å². The maximum absolute atomic E-state index is 12.8. The lowest BCUT2D eigenvalue weighted by atomic mass is 10.7. The zero-order valence-corrected chi connectivity index (χ0v) is 12.6. The highest BCUT2D eigenvalue weighted by Gasteiger charge is 2.16. The summed E-state index contributed by atoms with van der Waals surface area (Å²) in [6, 6.07) is 0. The Hall–Kier alpha value is 0.214. The standard InChI is InChI=1S/C8H22F2N2Si2/c1-6(9)11(4)13-8(3)14-12(5)7(2)10/h6-8H,13-14H2,1-5H3. The van der Waals surface area contributed by atoms with Gasteiger partial charge in [0.2, 0.25) is 0 Å². The normalized spacial score (nSPS) is 20.4. The molecule has 0 radical (unpaired) electrons. The Bertz CT molecular complexity index is 142. The molecule has 0 aliphatic heterocycles. The van der Waals surface area contributed by atoms with Crippen LogP contribution >= 0.6 is 0 Å². The average molecular weight is 240 g/mol. The van der Waals surface area contributed by atoms with E-state index < -0.39 is 32.0 Å². The second-order valence-electron chi connectivity index (χ2n) is 4.13. The van der Waals surface area contributed by atoms with Crippen LogP contribution in [0.4, 0.5) is 8.78 Å². The van der Waals surface area contributed by atoms with Crippen LogP contribution in [0.3, 0.4) is 0 Å². The van der Waals surface area contributed by atoms with Crippen LogP contribution in [0.5, 0.6) is 0 Å². The van der Waals surface area contributed by atoms with E-state index in [1.165, 1.54) is 0 Å². The summed E-state index contributed by atoms with van der Waals surface area (Å²) in [6.07, 6.45) is -1.71. The van der Waals surface area contributed by atoms with Crippen molar-refractivity contribution in [2.24, 2.45) is 0 Å². The van der Waals surface area contributed by atoms with Gasteiger partial charge in [-0.15, -0.1) is 0 Å². The molecule has 14 heavy (non-hydrogen) atoms. The van der Waals surface area contributed by atoms with Gasteiger partial charge in [0.15, 0.2) is 0 Å². The molecule has 2 nitrogen and oxygen atoms in total. The summed E-state index contributed by atoms with van der Waals surface area (Å²) in [5, 5.41) is 0.543. The van der Waals surface area contributed by atoms with Crippen molar-refractivity contribution >= 4 is 19.4 Å². The molecule has 0 heterocycles. The molecule has 2 atom stereocenters. The van der Waals surface area contributed by atoms with E-state index in [0.29, 0.717) is 5.16 Å². The van der Waals surface area contributed by atoms with E-state index in [1.54, 1.807) is 23.0 Å². The smallest absolute Gasteiger partial charge is 0.144 e. The van der Waals surface area contributed by atoms with E-state index in [0.717, 1.165) is 0 Å². The van der Waals surface area contributed by atoms with Crippen LogP contribution in [0.1, 0.15) is 20.8 Å². The first-order valence-electron chi connectivity index (χ1n) is 5.03. The van der Waals surface area contributed by atoms with Gasteiger partial charge in [0.05, 0.1) is 19.4 Å². The van der Waals surface area contributed by atoms with Crippen LogP contribution < -0.4 is 0 Å². The van der Waals surface area contributed by atoms with Gasteiger partial charge < -0.3 is 9.13 Å². The van der Waals surface area contributed by atoms with Gasteiger partial charge in [0, 0.05) is 0 Å². The third-order valence-corrected chi connectivity index (χ3v) is 7.37. The molecule has 0 aromatic carbocycles. The van der Waals surface area contributed by atoms with E-state index in [1.807, 2.05) is 14.1 Å². The molecule has 0 amide bonds. The molecule has 0 spiro atoms. The minimum atomic E-state index is -0.855. The van der Waals surface area contributed by atoms with E-state index in [9.17, 15) is 8.78 Å². The van der Waals surface area contributed by atoms with Crippen molar-refractivity contribution in [2.45, 2.75) is 38.5 Å². The van der Waals surface area contributed by atoms with E-state index in [2.05, 4.69) is 6.92 Å². The number of nitrogens with zero attached hydrogens (tertiary/aromatic N) is 2. The first kappa shape index (κ1) is 14.2. The highest BCUT2D eigenvalue weighted by Crippen LogP contribution is 2.07. The quantitative estimate of drug-likeness (QED) is 0.490. The lowest BCUT2D eigenvalue weighted by Crippen LogP contribution is -2.39. The van der Waals surface area contributed by atoms with Gasteiger partial charge in [-0.3, -0.25) is 0 Å². The molecule has 0 aliphatic rings. The Balaban J connectivity index is 3.80. The fourth-order valence-electron chi connectivity index (χ4n) is 1.33. The third kappa shape index (κ3) is 5.84. The number of halogens is 2. The second kappa shape index (κ2) is 6.65. The average Bonchev–Trinajstić information content (AvgIpc) is 2.03. The van der Waals surface area contributed by atoms with Gasteiger partial charge in [-0.25, -0.2) is 8.78 Å². The van der Waals surface area contributed by atoms with Crippen LogP contribution in [0, 0.1) is 0 Å². The van der Waals surface area contributed by atoms with Crippen LogP contribution in [-0.4, -0.2) is 55.2 Å². The van der Waals surface area contributed by atoms with Crippen molar-refractivity contribution < 1.29 is 8.78 Å². The SMILES string of the molecule is CC([SiH2]N(C)C(C)F)[SiH2]N(C)C(C)F. The second-order valence-corrected chi connectivity index (χ2v) is 10.8. The van der Waals surface area contributed by atoms with Gasteiger partial charge in [0.25, 0.3) is 0 Å².